The molecule has 2 amide bonds. The summed E-state index contributed by atoms with van der Waals surface area (Å²) in [5, 5.41) is 0. The molecule has 4 nitrogen and oxygen atoms in total. The van der Waals surface area contributed by atoms with Gasteiger partial charge in [-0.1, -0.05) is 70.9 Å². The number of nitrogens with zero attached hydrogens (tertiary/aromatic N) is 3. The zero-order valence-corrected chi connectivity index (χ0v) is 26.9. The van der Waals surface area contributed by atoms with Gasteiger partial charge in [-0.25, -0.2) is 4.79 Å². The number of carbonyl (C=O) groups excluding carboxylic acids is 1. The Morgan fingerprint density at radius 1 is 1.11 bits per heavy atom. The number of likely N-dealkylation sites (tertiary alicyclic amines) is 1. The van der Waals surface area contributed by atoms with Gasteiger partial charge in [-0.2, -0.15) is 13.2 Å². The fraction of sp³-hybridized carbons (Fsp3) is 0.541. The fourth-order valence-electron chi connectivity index (χ4n) is 6.64. The molecule has 7 heteroatoms. The first kappa shape index (κ1) is 33.7. The number of hydrogen-bond acceptors (Lipinski definition) is 2. The Labute approximate surface area is 262 Å². The van der Waals surface area contributed by atoms with Crippen LogP contribution >= 0.6 is 0 Å². The van der Waals surface area contributed by atoms with E-state index in [1.54, 1.807) is 23.2 Å². The van der Waals surface area contributed by atoms with E-state index in [0.29, 0.717) is 55.8 Å². The molecular weight excluding hydrogens is 559 g/mol. The van der Waals surface area contributed by atoms with Crippen LogP contribution in [0.3, 0.4) is 0 Å². The zero-order valence-electron chi connectivity index (χ0n) is 26.9. The van der Waals surface area contributed by atoms with Crippen LogP contribution in [0, 0.1) is 11.8 Å². The third kappa shape index (κ3) is 8.48. The summed E-state index contributed by atoms with van der Waals surface area (Å²) < 4.78 is 42.3. The molecule has 2 saturated heterocycles. The summed E-state index contributed by atoms with van der Waals surface area (Å²) in [6, 6.07) is 4.59. The molecule has 0 saturated carbocycles. The average molecular weight is 610 g/mol. The van der Waals surface area contributed by atoms with E-state index in [1.807, 2.05) is 22.0 Å². The molecule has 1 unspecified atom stereocenters. The highest BCUT2D eigenvalue weighted by molar-refractivity contribution is 5.79. The number of unbranched alkanes of at least 4 members (excludes halogenated alkanes) is 1. The highest BCUT2D eigenvalue weighted by Crippen LogP contribution is 2.40. The summed E-state index contributed by atoms with van der Waals surface area (Å²) >= 11 is 0. The monoisotopic (exact) mass is 609 g/mol. The van der Waals surface area contributed by atoms with Gasteiger partial charge in [0.05, 0.1) is 5.56 Å². The number of carbonyl (C=O) groups is 1. The van der Waals surface area contributed by atoms with Crippen LogP contribution in [0.5, 0.6) is 0 Å². The second kappa shape index (κ2) is 15.2. The molecule has 0 aromatic heterocycles. The van der Waals surface area contributed by atoms with Crippen molar-refractivity contribution < 1.29 is 18.0 Å². The molecule has 0 aliphatic carbocycles. The standard InChI is InChI=1S/C37H50F3N3O/c1-6-8-12-33-26-42(21-17-28(33)4)35-25-31(15-16-34(35)37(38,39)40)14-13-30-11-9-20-41(22-18-30)36(44)43-23-19-32(24-29(43)5)27(3)10-7-2/h13,15-16,19,23-25,28,33H,3,5-12,14,17-18,20-22,26H2,1-2,4H3/b30-13-/t28?,33-/m1/s1. The van der Waals surface area contributed by atoms with Crippen molar-refractivity contribution in [3.05, 3.63) is 89.3 Å². The topological polar surface area (TPSA) is 26.8 Å². The SMILES string of the molecule is C=C(CCC)C1=CC(=C)N(C(=O)N2CCC/C(=C/Cc3ccc(C(F)(F)F)c(N4CCC(C)[C@H](CCCC)C4)c3)CC2)C=C1. The van der Waals surface area contributed by atoms with Crippen molar-refractivity contribution in [3.63, 3.8) is 0 Å². The number of anilines is 1. The van der Waals surface area contributed by atoms with Gasteiger partial charge in [0.1, 0.15) is 0 Å². The van der Waals surface area contributed by atoms with Gasteiger partial charge in [0.2, 0.25) is 0 Å². The minimum absolute atomic E-state index is 0.0793. The van der Waals surface area contributed by atoms with E-state index >= 15 is 0 Å². The van der Waals surface area contributed by atoms with E-state index in [2.05, 4.69) is 40.0 Å². The third-order valence-corrected chi connectivity index (χ3v) is 9.48. The number of benzene rings is 1. The first-order valence-electron chi connectivity index (χ1n) is 16.5. The quantitative estimate of drug-likeness (QED) is 0.261. The highest BCUT2D eigenvalue weighted by Gasteiger charge is 2.37. The maximum Gasteiger partial charge on any atom is 0.418 e. The number of alkyl halides is 3. The molecular formula is C37H50F3N3O. The minimum Gasteiger partial charge on any atom is -0.371 e. The van der Waals surface area contributed by atoms with Crippen LogP contribution in [0.2, 0.25) is 0 Å². The number of rotatable bonds is 9. The summed E-state index contributed by atoms with van der Waals surface area (Å²) in [6.45, 7) is 17.4. The van der Waals surface area contributed by atoms with Crippen LogP contribution < -0.4 is 4.90 Å². The first-order chi connectivity index (χ1) is 21.0. The number of piperidine rings is 1. The first-order valence-corrected chi connectivity index (χ1v) is 16.5. The summed E-state index contributed by atoms with van der Waals surface area (Å²) in [6.07, 6.45) is 12.6. The lowest BCUT2D eigenvalue weighted by atomic mass is 9.83. The highest BCUT2D eigenvalue weighted by atomic mass is 19.4. The van der Waals surface area contributed by atoms with Gasteiger partial charge < -0.3 is 9.80 Å². The van der Waals surface area contributed by atoms with E-state index in [0.717, 1.165) is 74.5 Å². The molecule has 2 fully saturated rings. The Kier molecular flexibility index (Phi) is 11.6. The van der Waals surface area contributed by atoms with Gasteiger partial charge in [0.15, 0.2) is 0 Å². The van der Waals surface area contributed by atoms with E-state index in [-0.39, 0.29) is 6.03 Å². The lowest BCUT2D eigenvalue weighted by Crippen LogP contribution is -2.40. The minimum atomic E-state index is -4.39. The largest absolute Gasteiger partial charge is 0.418 e. The van der Waals surface area contributed by atoms with Crippen molar-refractivity contribution in [1.82, 2.24) is 9.80 Å². The Morgan fingerprint density at radius 2 is 1.91 bits per heavy atom. The van der Waals surface area contributed by atoms with E-state index < -0.39 is 11.7 Å². The normalized spacial score (nSPS) is 22.3. The number of allylic oxidation sites excluding steroid dienone is 5. The molecule has 1 aromatic carbocycles. The zero-order chi connectivity index (χ0) is 31.9. The van der Waals surface area contributed by atoms with Gasteiger partial charge in [0, 0.05) is 43.8 Å². The van der Waals surface area contributed by atoms with Crippen LogP contribution in [-0.2, 0) is 12.6 Å². The smallest absolute Gasteiger partial charge is 0.371 e. The predicted molar refractivity (Wildman–Crippen MR) is 175 cm³/mol. The van der Waals surface area contributed by atoms with Gasteiger partial charge in [0.25, 0.3) is 0 Å². The molecule has 4 rings (SSSR count). The second-order valence-electron chi connectivity index (χ2n) is 12.8. The molecule has 0 bridgehead atoms. The molecule has 0 radical (unpaired) electrons. The molecule has 3 aliphatic heterocycles. The van der Waals surface area contributed by atoms with Crippen molar-refractivity contribution in [2.75, 3.05) is 31.1 Å². The molecule has 3 heterocycles. The number of urea groups is 1. The average Bonchev–Trinajstić information content (AvgIpc) is 3.24. The molecule has 240 valence electrons. The maximum absolute atomic E-state index is 14.1. The van der Waals surface area contributed by atoms with Crippen molar-refractivity contribution in [3.8, 4) is 0 Å². The van der Waals surface area contributed by atoms with Gasteiger partial charge in [-0.15, -0.1) is 0 Å². The second-order valence-corrected chi connectivity index (χ2v) is 12.8. The molecule has 44 heavy (non-hydrogen) atoms. The Bertz CT molecular complexity index is 1290. The van der Waals surface area contributed by atoms with Crippen LogP contribution in [-0.4, -0.2) is 42.0 Å². The number of amides is 2. The van der Waals surface area contributed by atoms with Gasteiger partial charge in [-0.3, -0.25) is 4.90 Å². The van der Waals surface area contributed by atoms with E-state index in [4.69, 9.17) is 0 Å². The fourth-order valence-corrected chi connectivity index (χ4v) is 6.64. The molecule has 3 aliphatic rings. The third-order valence-electron chi connectivity index (χ3n) is 9.48. The molecule has 0 N–H and O–H groups in total. The van der Waals surface area contributed by atoms with Gasteiger partial charge in [-0.05, 0) is 97.8 Å². The molecule has 0 spiro atoms. The van der Waals surface area contributed by atoms with E-state index in [1.165, 1.54) is 11.6 Å². The Hall–Kier alpha value is -3.22. The maximum atomic E-state index is 14.1. The van der Waals surface area contributed by atoms with E-state index in [9.17, 15) is 18.0 Å². The van der Waals surface area contributed by atoms with Crippen LogP contribution in [0.25, 0.3) is 0 Å². The lowest BCUT2D eigenvalue weighted by Gasteiger charge is -2.39. The summed E-state index contributed by atoms with van der Waals surface area (Å²) in [7, 11) is 0. The van der Waals surface area contributed by atoms with Crippen LogP contribution in [0.1, 0.15) is 89.7 Å². The van der Waals surface area contributed by atoms with Crippen molar-refractivity contribution in [1.29, 1.82) is 0 Å². The molecule has 2 atom stereocenters. The van der Waals surface area contributed by atoms with Crippen LogP contribution in [0.15, 0.2) is 78.2 Å². The number of hydrogen-bond donors (Lipinski definition) is 0. The van der Waals surface area contributed by atoms with Gasteiger partial charge >= 0.3 is 12.2 Å². The van der Waals surface area contributed by atoms with Crippen molar-refractivity contribution >= 4 is 11.7 Å². The number of halogens is 3. The summed E-state index contributed by atoms with van der Waals surface area (Å²) in [5.41, 5.74) is 4.63. The van der Waals surface area contributed by atoms with Crippen molar-refractivity contribution in [2.24, 2.45) is 11.8 Å². The van der Waals surface area contributed by atoms with Crippen molar-refractivity contribution in [2.45, 2.75) is 91.2 Å². The summed E-state index contributed by atoms with van der Waals surface area (Å²) in [4.78, 5) is 18.8. The lowest BCUT2D eigenvalue weighted by molar-refractivity contribution is -0.137. The van der Waals surface area contributed by atoms with Crippen LogP contribution in [0.4, 0.5) is 23.7 Å². The molecule has 1 aromatic rings. The predicted octanol–water partition coefficient (Wildman–Crippen LogP) is 10.1. The Morgan fingerprint density at radius 3 is 2.61 bits per heavy atom. The Balaban J connectivity index is 1.41. The summed E-state index contributed by atoms with van der Waals surface area (Å²) in [5.74, 6) is 0.953.